The summed E-state index contributed by atoms with van der Waals surface area (Å²) in [5.41, 5.74) is 7.61. The molecule has 0 aliphatic carbocycles. The van der Waals surface area contributed by atoms with Crippen molar-refractivity contribution in [2.75, 3.05) is 0 Å². The SMILES string of the molecule is CCC1=CC=C(C(=O)O)OC1N=N. The second kappa shape index (κ2) is 3.84. The summed E-state index contributed by atoms with van der Waals surface area (Å²) in [5, 5.41) is 11.8. The van der Waals surface area contributed by atoms with Gasteiger partial charge in [-0.2, -0.15) is 0 Å². The molecule has 0 radical (unpaired) electrons. The number of nitrogens with zero attached hydrogens (tertiary/aromatic N) is 1. The van der Waals surface area contributed by atoms with Crippen LogP contribution in [0.15, 0.2) is 28.6 Å². The van der Waals surface area contributed by atoms with Gasteiger partial charge in [0, 0.05) is 0 Å². The number of allylic oxidation sites excluding steroid dienone is 2. The van der Waals surface area contributed by atoms with Crippen molar-refractivity contribution in [2.45, 2.75) is 19.6 Å². The van der Waals surface area contributed by atoms with E-state index in [2.05, 4.69) is 5.11 Å². The molecule has 2 N–H and O–H groups in total. The summed E-state index contributed by atoms with van der Waals surface area (Å²) in [5.74, 6) is -1.31. The predicted octanol–water partition coefficient (Wildman–Crippen LogP) is 1.68. The third-order valence-electron chi connectivity index (χ3n) is 1.74. The molecule has 1 aliphatic heterocycles. The second-order valence-electron chi connectivity index (χ2n) is 2.53. The van der Waals surface area contributed by atoms with Gasteiger partial charge in [-0.3, -0.25) is 0 Å². The quantitative estimate of drug-likeness (QED) is 0.651. The maximum Gasteiger partial charge on any atom is 0.371 e. The van der Waals surface area contributed by atoms with E-state index in [1.807, 2.05) is 6.92 Å². The van der Waals surface area contributed by atoms with Crippen LogP contribution >= 0.6 is 0 Å². The molecule has 0 amide bonds. The average Bonchev–Trinajstić information content (AvgIpc) is 2.16. The highest BCUT2D eigenvalue weighted by molar-refractivity contribution is 5.85. The fourth-order valence-corrected chi connectivity index (χ4v) is 1.02. The van der Waals surface area contributed by atoms with E-state index >= 15 is 0 Å². The molecule has 1 aliphatic rings. The molecule has 0 spiro atoms. The van der Waals surface area contributed by atoms with Gasteiger partial charge in [-0.25, -0.2) is 10.3 Å². The molecule has 0 aromatic carbocycles. The summed E-state index contributed by atoms with van der Waals surface area (Å²) >= 11 is 0. The first-order chi connectivity index (χ1) is 6.19. The number of carbonyl (C=O) groups is 1. The van der Waals surface area contributed by atoms with E-state index in [9.17, 15) is 4.79 Å². The lowest BCUT2D eigenvalue weighted by atomic mass is 10.1. The van der Waals surface area contributed by atoms with Crippen molar-refractivity contribution in [1.82, 2.24) is 0 Å². The van der Waals surface area contributed by atoms with Gasteiger partial charge in [0.05, 0.1) is 0 Å². The number of carboxylic acid groups (broad SMARTS) is 1. The zero-order chi connectivity index (χ0) is 9.84. The lowest BCUT2D eigenvalue weighted by Gasteiger charge is -2.19. The topological polar surface area (TPSA) is 82.7 Å². The van der Waals surface area contributed by atoms with Crippen LogP contribution in [-0.2, 0) is 9.53 Å². The van der Waals surface area contributed by atoms with Gasteiger partial charge in [0.2, 0.25) is 12.0 Å². The van der Waals surface area contributed by atoms with E-state index in [1.165, 1.54) is 6.08 Å². The zero-order valence-corrected chi connectivity index (χ0v) is 7.15. The molecule has 0 bridgehead atoms. The largest absolute Gasteiger partial charge is 0.475 e. The van der Waals surface area contributed by atoms with Gasteiger partial charge in [-0.15, -0.1) is 5.11 Å². The third kappa shape index (κ3) is 1.93. The van der Waals surface area contributed by atoms with E-state index < -0.39 is 12.2 Å². The summed E-state index contributed by atoms with van der Waals surface area (Å²) in [7, 11) is 0. The van der Waals surface area contributed by atoms with Crippen LogP contribution in [-0.4, -0.2) is 17.3 Å². The summed E-state index contributed by atoms with van der Waals surface area (Å²) < 4.78 is 4.94. The van der Waals surface area contributed by atoms with Crippen molar-refractivity contribution >= 4 is 5.97 Å². The predicted molar refractivity (Wildman–Crippen MR) is 44.1 cm³/mol. The molecule has 1 heterocycles. The highest BCUT2D eigenvalue weighted by atomic mass is 16.5. The van der Waals surface area contributed by atoms with Crippen molar-refractivity contribution in [1.29, 1.82) is 5.53 Å². The van der Waals surface area contributed by atoms with Gasteiger partial charge in [0.15, 0.2) is 0 Å². The van der Waals surface area contributed by atoms with Gasteiger partial charge >= 0.3 is 5.97 Å². The van der Waals surface area contributed by atoms with Crippen LogP contribution < -0.4 is 0 Å². The summed E-state index contributed by atoms with van der Waals surface area (Å²) in [6, 6.07) is 0. The molecule has 5 heteroatoms. The number of aliphatic carboxylic acids is 1. The van der Waals surface area contributed by atoms with Crippen LogP contribution in [0.1, 0.15) is 13.3 Å². The van der Waals surface area contributed by atoms with Gasteiger partial charge in [-0.05, 0) is 18.1 Å². The van der Waals surface area contributed by atoms with Crippen molar-refractivity contribution in [2.24, 2.45) is 5.11 Å². The van der Waals surface area contributed by atoms with Crippen molar-refractivity contribution < 1.29 is 14.6 Å². The first kappa shape index (κ1) is 9.44. The van der Waals surface area contributed by atoms with Crippen LogP contribution in [0.5, 0.6) is 0 Å². The maximum atomic E-state index is 10.5. The molecule has 1 atom stereocenters. The van der Waals surface area contributed by atoms with Gasteiger partial charge in [-0.1, -0.05) is 13.0 Å². The van der Waals surface area contributed by atoms with Gasteiger partial charge < -0.3 is 9.84 Å². The van der Waals surface area contributed by atoms with Gasteiger partial charge in [0.1, 0.15) is 0 Å². The molecule has 13 heavy (non-hydrogen) atoms. The fourth-order valence-electron chi connectivity index (χ4n) is 1.02. The molecular formula is C8H10N2O3. The van der Waals surface area contributed by atoms with Crippen LogP contribution in [0.2, 0.25) is 0 Å². The molecule has 1 unspecified atom stereocenters. The Bertz CT molecular complexity index is 294. The minimum atomic E-state index is -1.14. The molecule has 0 saturated heterocycles. The number of carboxylic acids is 1. The fraction of sp³-hybridized carbons (Fsp3) is 0.375. The highest BCUT2D eigenvalue weighted by Gasteiger charge is 2.21. The minimum Gasteiger partial charge on any atom is -0.475 e. The molecule has 0 aromatic rings. The van der Waals surface area contributed by atoms with Crippen LogP contribution in [0.25, 0.3) is 0 Å². The Labute approximate surface area is 75.2 Å². The van der Waals surface area contributed by atoms with E-state index in [1.54, 1.807) is 6.08 Å². The summed E-state index contributed by atoms with van der Waals surface area (Å²) in [4.78, 5) is 10.5. The lowest BCUT2D eigenvalue weighted by Crippen LogP contribution is -2.19. The number of hydrogen-bond acceptors (Lipinski definition) is 4. The summed E-state index contributed by atoms with van der Waals surface area (Å²) in [6.45, 7) is 1.90. The Kier molecular flexibility index (Phi) is 2.79. The minimum absolute atomic E-state index is 0.168. The van der Waals surface area contributed by atoms with Crippen molar-refractivity contribution in [3.05, 3.63) is 23.5 Å². The lowest BCUT2D eigenvalue weighted by molar-refractivity contribution is -0.137. The molecule has 0 saturated carbocycles. The Balaban J connectivity index is 2.88. The van der Waals surface area contributed by atoms with Crippen molar-refractivity contribution in [3.63, 3.8) is 0 Å². The van der Waals surface area contributed by atoms with E-state index in [0.29, 0.717) is 6.42 Å². The molecule has 5 nitrogen and oxygen atoms in total. The molecule has 1 rings (SSSR count). The monoisotopic (exact) mass is 182 g/mol. The second-order valence-corrected chi connectivity index (χ2v) is 2.53. The van der Waals surface area contributed by atoms with E-state index in [4.69, 9.17) is 15.4 Å². The molecule has 70 valence electrons. The Morgan fingerprint density at radius 1 is 1.77 bits per heavy atom. The van der Waals surface area contributed by atoms with E-state index in [-0.39, 0.29) is 5.76 Å². The highest BCUT2D eigenvalue weighted by Crippen LogP contribution is 2.21. The van der Waals surface area contributed by atoms with Gasteiger partial charge in [0.25, 0.3) is 0 Å². The summed E-state index contributed by atoms with van der Waals surface area (Å²) in [6.07, 6.45) is 2.94. The molecular weight excluding hydrogens is 172 g/mol. The molecule has 0 aromatic heterocycles. The number of rotatable bonds is 3. The first-order valence-electron chi connectivity index (χ1n) is 3.86. The van der Waals surface area contributed by atoms with Crippen LogP contribution in [0.3, 0.4) is 0 Å². The maximum absolute atomic E-state index is 10.5. The Morgan fingerprint density at radius 3 is 2.92 bits per heavy atom. The first-order valence-corrected chi connectivity index (χ1v) is 3.86. The Morgan fingerprint density at radius 2 is 2.46 bits per heavy atom. The van der Waals surface area contributed by atoms with Crippen LogP contribution in [0, 0.1) is 5.53 Å². The number of nitrogens with one attached hydrogen (secondary N) is 1. The number of hydrogen-bond donors (Lipinski definition) is 2. The standard InChI is InChI=1S/C8H10N2O3/c1-2-5-3-4-6(8(11)12)13-7(5)10-9/h3-4,7,9H,2H2,1H3,(H,11,12). The smallest absolute Gasteiger partial charge is 0.371 e. The third-order valence-corrected chi connectivity index (χ3v) is 1.74. The molecule has 0 fully saturated rings. The number of ether oxygens (including phenoxy) is 1. The average molecular weight is 182 g/mol. The van der Waals surface area contributed by atoms with E-state index in [0.717, 1.165) is 5.57 Å². The van der Waals surface area contributed by atoms with Crippen LogP contribution in [0.4, 0.5) is 0 Å². The normalized spacial score (nSPS) is 21.2. The Hall–Kier alpha value is -1.65. The zero-order valence-electron chi connectivity index (χ0n) is 7.15. The van der Waals surface area contributed by atoms with Crippen molar-refractivity contribution in [3.8, 4) is 0 Å².